The van der Waals surface area contributed by atoms with Crippen molar-refractivity contribution >= 4 is 66.4 Å². The highest BCUT2D eigenvalue weighted by molar-refractivity contribution is 5.90. The number of H-pyrrole nitrogens is 4. The Morgan fingerprint density at radius 1 is 0.348 bits per heavy atom. The first-order chi connectivity index (χ1) is 68.7. The largest absolute Gasteiger partial charge is 0.371 e. The van der Waals surface area contributed by atoms with Crippen molar-refractivity contribution in [2.45, 2.75) is 177 Å². The Labute approximate surface area is 835 Å². The summed E-state index contributed by atoms with van der Waals surface area (Å²) < 4.78 is 40.9. The molecule has 8 N–H and O–H groups in total. The highest BCUT2D eigenvalue weighted by Gasteiger charge is 2.47. The highest BCUT2D eigenvalue weighted by atomic mass is 19.1. The van der Waals surface area contributed by atoms with E-state index in [1.54, 1.807) is 18.2 Å². The molecule has 3 aliphatic carbocycles. The smallest absolute Gasteiger partial charge is 0.123 e. The van der Waals surface area contributed by atoms with Gasteiger partial charge in [0.15, 0.2) is 0 Å². The van der Waals surface area contributed by atoms with Gasteiger partial charge in [-0.3, -0.25) is 24.5 Å². The predicted molar refractivity (Wildman–Crippen MR) is 577 cm³/mol. The van der Waals surface area contributed by atoms with Gasteiger partial charge in [-0.15, -0.1) is 0 Å². The molecule has 12 heterocycles. The van der Waals surface area contributed by atoms with E-state index >= 15 is 0 Å². The lowest BCUT2D eigenvalue weighted by molar-refractivity contribution is -0.0151. The van der Waals surface area contributed by atoms with E-state index in [9.17, 15) is 18.4 Å². The molecule has 3 saturated carbocycles. The second kappa shape index (κ2) is 44.6. The van der Waals surface area contributed by atoms with E-state index < -0.39 is 0 Å². The molecule has 24 heteroatoms. The van der Waals surface area contributed by atoms with Gasteiger partial charge in [-0.1, -0.05) is 42.5 Å². The minimum atomic E-state index is -0.196. The van der Waals surface area contributed by atoms with Gasteiger partial charge in [0.25, 0.3) is 0 Å². The summed E-state index contributed by atoms with van der Waals surface area (Å²) in [5, 5.41) is 28.8. The van der Waals surface area contributed by atoms with Crippen LogP contribution in [0.1, 0.15) is 134 Å². The topological polar surface area (TPSA) is 174 Å². The molecule has 748 valence electrons. The molecule has 21 nitrogen and oxygen atoms in total. The first-order valence-corrected chi connectivity index (χ1v) is 53.7. The third kappa shape index (κ3) is 23.5. The molecule has 0 unspecified atom stereocenters. The van der Waals surface area contributed by atoms with Crippen molar-refractivity contribution in [1.82, 2.24) is 80.4 Å². The maximum Gasteiger partial charge on any atom is 0.123 e. The lowest BCUT2D eigenvalue weighted by Crippen LogP contribution is -2.64. The number of aryl methyl sites for hydroxylation is 1. The molecule has 8 aliphatic heterocycles. The van der Waals surface area contributed by atoms with Crippen molar-refractivity contribution in [1.29, 1.82) is 5.26 Å². The average molecular weight is 1910 g/mol. The van der Waals surface area contributed by atoms with Crippen LogP contribution in [0.15, 0.2) is 188 Å². The number of rotatable bonds is 25. The van der Waals surface area contributed by atoms with E-state index in [1.165, 1.54) is 272 Å². The summed E-state index contributed by atoms with van der Waals surface area (Å²) in [6.07, 6.45) is 21.8. The Kier molecular flexibility index (Phi) is 31.1. The van der Waals surface area contributed by atoms with Gasteiger partial charge < -0.3 is 75.5 Å². The number of piperidine rings is 4. The fraction of sp³-hybridized carbons (Fsp3) is 0.513. The number of halogens is 3. The molecule has 8 aromatic carbocycles. The molecule has 4 aromatic heterocycles. The van der Waals surface area contributed by atoms with Crippen LogP contribution in [0.4, 0.5) is 35.9 Å². The van der Waals surface area contributed by atoms with Crippen molar-refractivity contribution < 1.29 is 13.2 Å². The third-order valence-corrected chi connectivity index (χ3v) is 34.5. The van der Waals surface area contributed by atoms with E-state index in [2.05, 4.69) is 251 Å². The summed E-state index contributed by atoms with van der Waals surface area (Å²) in [5.74, 6) is -0.584. The molecule has 0 spiro atoms. The fourth-order valence-corrected chi connectivity index (χ4v) is 24.5. The van der Waals surface area contributed by atoms with Crippen molar-refractivity contribution in [2.24, 2.45) is 0 Å². The normalized spacial score (nSPS) is 21.0. The zero-order chi connectivity index (χ0) is 96.6. The summed E-state index contributed by atoms with van der Waals surface area (Å²) in [6.45, 7) is 40.5. The number of fused-ring (bicyclic) bond motifs is 4. The van der Waals surface area contributed by atoms with Crippen LogP contribution >= 0.6 is 0 Å². The molecule has 0 radical (unpaired) electrons. The van der Waals surface area contributed by atoms with Crippen molar-refractivity contribution in [2.75, 3.05) is 231 Å². The third-order valence-electron chi connectivity index (χ3n) is 34.5. The maximum absolute atomic E-state index is 13.6. The standard InChI is InChI=1S/C30H38N6.2C29H38FN5.C29H40FN5/c1-34-14-16-36(17-15-34)30(10-3-11-30)22-32-26-8-12-35(13-9-26)27-5-2-4-24(19-27)29-20-25-18-23(21-31)6-7-28(25)33-29;2*1-33-14-16-35(17-15-33)29(10-3-11-29)21-31-25-8-12-34(13-9-25)26-5-2-4-22(19-26)28-20-23-18-24(30)6-7-27(23)32-28;1-21(2)34-16-14-33(15-17-34)13-10-31-25-8-11-35(12-9-25)26-6-4-22(3)27(20-26)29-19-23-18-24(30)5-7-28(23)32-29/h2,4-7,18-20,26,32-33H,3,8-17,22H2,1H3;2*2,4-7,18-20,25,31-32H,3,8-17,21H2,1H3;4-7,18-21,25,31-32H,8-17H2,1-3H3. The number of anilines is 4. The Balaban J connectivity index is 0.000000115. The fourth-order valence-electron chi connectivity index (χ4n) is 24.5. The summed E-state index contributed by atoms with van der Waals surface area (Å²) >= 11 is 0. The van der Waals surface area contributed by atoms with Gasteiger partial charge >= 0.3 is 0 Å². The van der Waals surface area contributed by atoms with Crippen LogP contribution in [-0.4, -0.2) is 317 Å². The SMILES string of the molecule is CN1CCN(C2(CNC3CCN(c4cccc(-c5cc6cc(C#N)ccc6[nH]5)c4)CC3)CCC2)CC1.CN1CCN(C2(CNC3CCN(c4cccc(-c5cc6cc(F)ccc6[nH]5)c4)CC3)CCC2)CC1.CN1CCN(C2(CNC3CCN(c4cccc(-c5cc6cc(F)ccc6[nH]5)c4)CC3)CCC2)CC1.Cc1ccc(N2CCC(NCCN3CCN(C(C)C)CC3)CC2)cc1-c1cc2cc(F)ccc2[nH]1. The second-order valence-electron chi connectivity index (χ2n) is 43.7. The van der Waals surface area contributed by atoms with Gasteiger partial charge in [0.1, 0.15) is 17.5 Å². The molecule has 0 amide bonds. The van der Waals surface area contributed by atoms with Gasteiger partial charge in [-0.2, -0.15) is 5.26 Å². The molecule has 0 bridgehead atoms. The Bertz CT molecular complexity index is 5970. The lowest BCUT2D eigenvalue weighted by atomic mass is 9.74. The molecule has 11 fully saturated rings. The molecule has 12 aromatic rings. The molecule has 11 aliphatic rings. The second-order valence-corrected chi connectivity index (χ2v) is 43.7. The zero-order valence-electron chi connectivity index (χ0n) is 84.8. The van der Waals surface area contributed by atoms with Crippen LogP contribution in [0.2, 0.25) is 0 Å². The molecule has 8 saturated heterocycles. The van der Waals surface area contributed by atoms with E-state index in [1.807, 2.05) is 48.5 Å². The van der Waals surface area contributed by atoms with E-state index in [-0.39, 0.29) is 17.5 Å². The highest BCUT2D eigenvalue weighted by Crippen LogP contribution is 2.43. The minimum absolute atomic E-state index is 0.194. The van der Waals surface area contributed by atoms with Crippen LogP contribution in [-0.2, 0) is 0 Å². The summed E-state index contributed by atoms with van der Waals surface area (Å²) in [5.41, 5.74) is 21.2. The van der Waals surface area contributed by atoms with Crippen LogP contribution in [0.5, 0.6) is 0 Å². The number of nitrogens with one attached hydrogen (secondary N) is 8. The number of likely N-dealkylation sites (N-methyl/N-ethyl adjacent to an activating group) is 3. The minimum Gasteiger partial charge on any atom is -0.371 e. The van der Waals surface area contributed by atoms with Gasteiger partial charge in [0.05, 0.1) is 11.6 Å². The average Bonchev–Trinajstić information content (AvgIpc) is 1.76. The number of nitriles is 1. The number of nitrogens with zero attached hydrogens (tertiary/aromatic N) is 13. The maximum atomic E-state index is 13.6. The van der Waals surface area contributed by atoms with Crippen LogP contribution in [0, 0.1) is 35.7 Å². The molecule has 141 heavy (non-hydrogen) atoms. The molecule has 23 rings (SSSR count). The molecule has 0 atom stereocenters. The zero-order valence-corrected chi connectivity index (χ0v) is 84.8. The number of piperazine rings is 4. The number of benzene rings is 8. The van der Waals surface area contributed by atoms with E-state index in [0.717, 1.165) is 163 Å². The quantitative estimate of drug-likeness (QED) is 0.0271. The number of aromatic nitrogens is 4. The Morgan fingerprint density at radius 2 is 0.674 bits per heavy atom. The van der Waals surface area contributed by atoms with Gasteiger partial charge in [-0.25, -0.2) is 13.2 Å². The number of aromatic amines is 4. The monoisotopic (exact) mass is 1910 g/mol. The van der Waals surface area contributed by atoms with Gasteiger partial charge in [0.2, 0.25) is 0 Å². The summed E-state index contributed by atoms with van der Waals surface area (Å²) in [6, 6.07) is 67.4. The van der Waals surface area contributed by atoms with Crippen LogP contribution < -0.4 is 40.9 Å². The van der Waals surface area contributed by atoms with Crippen LogP contribution in [0.3, 0.4) is 0 Å². The van der Waals surface area contributed by atoms with Crippen LogP contribution in [0.25, 0.3) is 88.6 Å². The van der Waals surface area contributed by atoms with E-state index in [4.69, 9.17) is 0 Å². The van der Waals surface area contributed by atoms with Crippen molar-refractivity contribution in [3.63, 3.8) is 0 Å². The van der Waals surface area contributed by atoms with Crippen molar-refractivity contribution in [3.8, 4) is 51.1 Å². The lowest BCUT2D eigenvalue weighted by Gasteiger charge is -2.53. The Hall–Kier alpha value is -10.1. The molecular formula is C117H154F3N21. The van der Waals surface area contributed by atoms with E-state index in [0.29, 0.717) is 52.4 Å². The van der Waals surface area contributed by atoms with Gasteiger partial charge in [0, 0.05) is 331 Å². The van der Waals surface area contributed by atoms with Gasteiger partial charge in [-0.05, 0) is 319 Å². The Morgan fingerprint density at radius 3 is 1.01 bits per heavy atom. The summed E-state index contributed by atoms with van der Waals surface area (Å²) in [4.78, 5) is 44.9. The number of hydrogen-bond acceptors (Lipinski definition) is 17. The van der Waals surface area contributed by atoms with Crippen molar-refractivity contribution in [3.05, 3.63) is 217 Å². The molecular weight excluding hydrogens is 1760 g/mol. The predicted octanol–water partition coefficient (Wildman–Crippen LogP) is 18.7. The summed E-state index contributed by atoms with van der Waals surface area (Å²) in [7, 11) is 6.74. The number of hydrogen-bond donors (Lipinski definition) is 8. The first-order valence-electron chi connectivity index (χ1n) is 53.7. The first kappa shape index (κ1) is 98.3.